The van der Waals surface area contributed by atoms with Crippen LogP contribution in [0.2, 0.25) is 0 Å². The first-order valence-corrected chi connectivity index (χ1v) is 5.54. The molecule has 0 atom stereocenters. The van der Waals surface area contributed by atoms with E-state index >= 15 is 0 Å². The minimum absolute atomic E-state index is 0.120. The Hall–Kier alpha value is -0.610. The van der Waals surface area contributed by atoms with E-state index in [1.165, 1.54) is 0 Å². The van der Waals surface area contributed by atoms with Crippen LogP contribution in [0.1, 0.15) is 26.7 Å². The van der Waals surface area contributed by atoms with E-state index in [1.54, 1.807) is 4.90 Å². The molecule has 1 fully saturated rings. The summed E-state index contributed by atoms with van der Waals surface area (Å²) in [5, 5.41) is 0. The van der Waals surface area contributed by atoms with Gasteiger partial charge in [-0.2, -0.15) is 0 Å². The molecule has 0 aromatic heterocycles. The van der Waals surface area contributed by atoms with Gasteiger partial charge in [0.25, 0.3) is 0 Å². The molecular formula is C11H22N2O2. The average molecular weight is 214 g/mol. The monoisotopic (exact) mass is 214 g/mol. The van der Waals surface area contributed by atoms with Crippen LogP contribution in [0.3, 0.4) is 0 Å². The first kappa shape index (κ1) is 12.5. The molecule has 2 N–H and O–H groups in total. The standard InChI is InChI=1S/C11H22N2O2/c1-11(2,8-12)13(3)10(14)9-4-6-15-7-5-9/h9H,4-8,12H2,1-3H3. The molecule has 1 aliphatic heterocycles. The van der Waals surface area contributed by atoms with E-state index in [2.05, 4.69) is 0 Å². The van der Waals surface area contributed by atoms with Gasteiger partial charge in [-0.25, -0.2) is 0 Å². The number of likely N-dealkylation sites (N-methyl/N-ethyl adjacent to an activating group) is 1. The molecule has 0 aliphatic carbocycles. The van der Waals surface area contributed by atoms with Gasteiger partial charge in [-0.15, -0.1) is 0 Å². The molecule has 0 unspecified atom stereocenters. The van der Waals surface area contributed by atoms with E-state index in [0.717, 1.165) is 12.8 Å². The summed E-state index contributed by atoms with van der Waals surface area (Å²) in [5.41, 5.74) is 5.40. The summed E-state index contributed by atoms with van der Waals surface area (Å²) >= 11 is 0. The van der Waals surface area contributed by atoms with Crippen molar-refractivity contribution in [2.24, 2.45) is 11.7 Å². The highest BCUT2D eigenvalue weighted by atomic mass is 16.5. The van der Waals surface area contributed by atoms with E-state index in [1.807, 2.05) is 20.9 Å². The van der Waals surface area contributed by atoms with Crippen molar-refractivity contribution in [3.8, 4) is 0 Å². The second kappa shape index (κ2) is 4.94. The lowest BCUT2D eigenvalue weighted by molar-refractivity contribution is -0.141. The number of hydrogen-bond donors (Lipinski definition) is 1. The van der Waals surface area contributed by atoms with Crippen LogP contribution >= 0.6 is 0 Å². The van der Waals surface area contributed by atoms with Crippen molar-refractivity contribution in [2.45, 2.75) is 32.2 Å². The average Bonchev–Trinajstić information content (AvgIpc) is 2.28. The van der Waals surface area contributed by atoms with Crippen molar-refractivity contribution in [1.82, 2.24) is 4.90 Å². The summed E-state index contributed by atoms with van der Waals surface area (Å²) in [6.45, 7) is 5.87. The molecule has 1 heterocycles. The molecule has 0 radical (unpaired) electrons. The fourth-order valence-electron chi connectivity index (χ4n) is 1.65. The largest absolute Gasteiger partial charge is 0.381 e. The van der Waals surface area contributed by atoms with Gasteiger partial charge in [0.15, 0.2) is 0 Å². The van der Waals surface area contributed by atoms with Crippen molar-refractivity contribution >= 4 is 5.91 Å². The van der Waals surface area contributed by atoms with Gasteiger partial charge in [-0.05, 0) is 26.7 Å². The smallest absolute Gasteiger partial charge is 0.226 e. The third-order valence-electron chi connectivity index (χ3n) is 3.31. The number of rotatable bonds is 3. The molecule has 0 aromatic carbocycles. The van der Waals surface area contributed by atoms with Crippen LogP contribution in [0.5, 0.6) is 0 Å². The van der Waals surface area contributed by atoms with Crippen LogP contribution in [-0.4, -0.2) is 43.2 Å². The van der Waals surface area contributed by atoms with Gasteiger partial charge < -0.3 is 15.4 Å². The maximum atomic E-state index is 12.1. The van der Waals surface area contributed by atoms with Crippen LogP contribution in [0.25, 0.3) is 0 Å². The lowest BCUT2D eigenvalue weighted by atomic mass is 9.95. The Bertz CT molecular complexity index is 223. The Labute approximate surface area is 91.8 Å². The Morgan fingerprint density at radius 1 is 1.47 bits per heavy atom. The summed E-state index contributed by atoms with van der Waals surface area (Å²) < 4.78 is 5.25. The number of nitrogens with zero attached hydrogens (tertiary/aromatic N) is 1. The van der Waals surface area contributed by atoms with E-state index in [0.29, 0.717) is 19.8 Å². The number of carbonyl (C=O) groups excluding carboxylic acids is 1. The summed E-state index contributed by atoms with van der Waals surface area (Å²) in [6.07, 6.45) is 1.67. The molecule has 0 saturated carbocycles. The Morgan fingerprint density at radius 2 is 2.00 bits per heavy atom. The summed E-state index contributed by atoms with van der Waals surface area (Å²) in [6, 6.07) is 0. The van der Waals surface area contributed by atoms with E-state index in [4.69, 9.17) is 10.5 Å². The third-order valence-corrected chi connectivity index (χ3v) is 3.31. The number of amides is 1. The molecule has 1 amide bonds. The van der Waals surface area contributed by atoms with Gasteiger partial charge in [-0.3, -0.25) is 4.79 Å². The van der Waals surface area contributed by atoms with Gasteiger partial charge in [0.2, 0.25) is 5.91 Å². The van der Waals surface area contributed by atoms with Gasteiger partial charge >= 0.3 is 0 Å². The molecule has 0 aromatic rings. The normalized spacial score (nSPS) is 18.9. The number of carbonyl (C=O) groups is 1. The zero-order valence-corrected chi connectivity index (χ0v) is 9.95. The van der Waals surface area contributed by atoms with E-state index in [9.17, 15) is 4.79 Å². The van der Waals surface area contributed by atoms with E-state index in [-0.39, 0.29) is 17.4 Å². The maximum absolute atomic E-state index is 12.1. The van der Waals surface area contributed by atoms with Gasteiger partial charge in [0.05, 0.1) is 0 Å². The molecule has 1 rings (SSSR count). The molecule has 4 nitrogen and oxygen atoms in total. The zero-order chi connectivity index (χ0) is 11.5. The summed E-state index contributed by atoms with van der Waals surface area (Å²) in [4.78, 5) is 13.9. The lowest BCUT2D eigenvalue weighted by Crippen LogP contribution is -2.52. The van der Waals surface area contributed by atoms with Crippen LogP contribution in [-0.2, 0) is 9.53 Å². The van der Waals surface area contributed by atoms with Crippen LogP contribution in [0.4, 0.5) is 0 Å². The maximum Gasteiger partial charge on any atom is 0.226 e. The number of hydrogen-bond acceptors (Lipinski definition) is 3. The fraction of sp³-hybridized carbons (Fsp3) is 0.909. The van der Waals surface area contributed by atoms with Gasteiger partial charge in [-0.1, -0.05) is 0 Å². The van der Waals surface area contributed by atoms with Gasteiger partial charge in [0.1, 0.15) is 0 Å². The van der Waals surface area contributed by atoms with E-state index < -0.39 is 0 Å². The van der Waals surface area contributed by atoms with Crippen molar-refractivity contribution in [3.05, 3.63) is 0 Å². The Morgan fingerprint density at radius 3 is 2.47 bits per heavy atom. The molecule has 0 bridgehead atoms. The minimum Gasteiger partial charge on any atom is -0.381 e. The van der Waals surface area contributed by atoms with Crippen LogP contribution in [0.15, 0.2) is 0 Å². The number of nitrogens with two attached hydrogens (primary N) is 1. The van der Waals surface area contributed by atoms with Crippen molar-refractivity contribution in [2.75, 3.05) is 26.8 Å². The molecule has 0 spiro atoms. The SMILES string of the molecule is CN(C(=O)C1CCOCC1)C(C)(C)CN. The van der Waals surface area contributed by atoms with Crippen molar-refractivity contribution < 1.29 is 9.53 Å². The highest BCUT2D eigenvalue weighted by Crippen LogP contribution is 2.21. The summed E-state index contributed by atoms with van der Waals surface area (Å²) in [7, 11) is 1.84. The second-order valence-electron chi connectivity index (χ2n) is 4.80. The molecule has 88 valence electrons. The Kier molecular flexibility index (Phi) is 4.11. The molecule has 15 heavy (non-hydrogen) atoms. The van der Waals surface area contributed by atoms with Crippen molar-refractivity contribution in [3.63, 3.8) is 0 Å². The number of ether oxygens (including phenoxy) is 1. The quantitative estimate of drug-likeness (QED) is 0.749. The fourth-order valence-corrected chi connectivity index (χ4v) is 1.65. The highest BCUT2D eigenvalue weighted by Gasteiger charge is 2.31. The molecule has 4 heteroatoms. The lowest BCUT2D eigenvalue weighted by Gasteiger charge is -2.37. The predicted octanol–water partition coefficient (Wildman–Crippen LogP) is 0.609. The Balaban J connectivity index is 2.58. The van der Waals surface area contributed by atoms with Crippen LogP contribution < -0.4 is 5.73 Å². The van der Waals surface area contributed by atoms with Crippen molar-refractivity contribution in [1.29, 1.82) is 0 Å². The minimum atomic E-state index is -0.255. The topological polar surface area (TPSA) is 55.6 Å². The molecule has 1 saturated heterocycles. The van der Waals surface area contributed by atoms with Crippen LogP contribution in [0, 0.1) is 5.92 Å². The third kappa shape index (κ3) is 2.92. The van der Waals surface area contributed by atoms with Gasteiger partial charge in [0, 0.05) is 38.3 Å². The summed E-state index contributed by atoms with van der Waals surface area (Å²) in [5.74, 6) is 0.323. The molecular weight excluding hydrogens is 192 g/mol. The highest BCUT2D eigenvalue weighted by molar-refractivity contribution is 5.79. The predicted molar refractivity (Wildman–Crippen MR) is 59.4 cm³/mol. The molecule has 1 aliphatic rings. The second-order valence-corrected chi connectivity index (χ2v) is 4.80. The first-order chi connectivity index (χ1) is 6.99. The first-order valence-electron chi connectivity index (χ1n) is 5.54. The zero-order valence-electron chi connectivity index (χ0n) is 9.95.